The minimum atomic E-state index is -1.23. The third kappa shape index (κ3) is 4.71. The molecule has 0 aliphatic rings. The standard InChI is InChI=1S/C19H22O3/c1-14(2)12-15-8-10-16(11-9-15)13-22-19(21)18(20)17-6-4-3-5-7-17/h3-11,14,18,20H,12-13H2,1-2H3/t18-/m1/s1. The molecule has 2 aromatic rings. The number of aliphatic hydroxyl groups is 1. The fraction of sp³-hybridized carbons (Fsp3) is 0.316. The van der Waals surface area contributed by atoms with Crippen molar-refractivity contribution in [2.24, 2.45) is 5.92 Å². The lowest BCUT2D eigenvalue weighted by Crippen LogP contribution is -2.15. The molecule has 2 aromatic carbocycles. The lowest BCUT2D eigenvalue weighted by Gasteiger charge is -2.11. The van der Waals surface area contributed by atoms with Gasteiger partial charge in [0.25, 0.3) is 0 Å². The number of carbonyl (C=O) groups excluding carboxylic acids is 1. The van der Waals surface area contributed by atoms with Gasteiger partial charge in [0.1, 0.15) is 6.61 Å². The predicted molar refractivity (Wildman–Crippen MR) is 86.2 cm³/mol. The molecule has 0 radical (unpaired) electrons. The molecule has 0 unspecified atom stereocenters. The molecule has 3 heteroatoms. The van der Waals surface area contributed by atoms with Crippen molar-refractivity contribution in [3.05, 3.63) is 71.3 Å². The molecule has 0 fully saturated rings. The van der Waals surface area contributed by atoms with Crippen molar-refractivity contribution in [2.75, 3.05) is 0 Å². The fourth-order valence-corrected chi connectivity index (χ4v) is 2.25. The van der Waals surface area contributed by atoms with Crippen LogP contribution in [0.1, 0.15) is 36.6 Å². The molecule has 1 atom stereocenters. The molecule has 0 aromatic heterocycles. The van der Waals surface area contributed by atoms with Gasteiger partial charge in [-0.1, -0.05) is 68.4 Å². The van der Waals surface area contributed by atoms with Gasteiger partial charge in [-0.25, -0.2) is 4.79 Å². The maximum atomic E-state index is 11.9. The largest absolute Gasteiger partial charge is 0.459 e. The second kappa shape index (κ2) is 7.76. The van der Waals surface area contributed by atoms with E-state index >= 15 is 0 Å². The van der Waals surface area contributed by atoms with Crippen LogP contribution in [-0.4, -0.2) is 11.1 Å². The maximum absolute atomic E-state index is 11.9. The average molecular weight is 298 g/mol. The van der Waals surface area contributed by atoms with Crippen LogP contribution in [0.25, 0.3) is 0 Å². The highest BCUT2D eigenvalue weighted by Gasteiger charge is 2.18. The van der Waals surface area contributed by atoms with Gasteiger partial charge < -0.3 is 9.84 Å². The van der Waals surface area contributed by atoms with Gasteiger partial charge in [0, 0.05) is 0 Å². The number of ether oxygens (including phenoxy) is 1. The normalized spacial score (nSPS) is 12.2. The van der Waals surface area contributed by atoms with Gasteiger partial charge in [0.2, 0.25) is 0 Å². The van der Waals surface area contributed by atoms with Crippen molar-refractivity contribution < 1.29 is 14.6 Å². The highest BCUT2D eigenvalue weighted by Crippen LogP contribution is 2.15. The summed E-state index contributed by atoms with van der Waals surface area (Å²) in [4.78, 5) is 11.9. The summed E-state index contributed by atoms with van der Waals surface area (Å²) in [7, 11) is 0. The quantitative estimate of drug-likeness (QED) is 0.828. The van der Waals surface area contributed by atoms with Gasteiger partial charge in [-0.2, -0.15) is 0 Å². The summed E-state index contributed by atoms with van der Waals surface area (Å²) < 4.78 is 5.18. The summed E-state index contributed by atoms with van der Waals surface area (Å²) >= 11 is 0. The lowest BCUT2D eigenvalue weighted by molar-refractivity contribution is -0.155. The second-order valence-electron chi connectivity index (χ2n) is 5.84. The Morgan fingerprint density at radius 3 is 2.18 bits per heavy atom. The van der Waals surface area contributed by atoms with Gasteiger partial charge in [-0.3, -0.25) is 0 Å². The van der Waals surface area contributed by atoms with Crippen molar-refractivity contribution in [1.29, 1.82) is 0 Å². The van der Waals surface area contributed by atoms with E-state index in [9.17, 15) is 9.90 Å². The number of benzene rings is 2. The van der Waals surface area contributed by atoms with Crippen molar-refractivity contribution in [2.45, 2.75) is 33.0 Å². The molecule has 0 bridgehead atoms. The summed E-state index contributed by atoms with van der Waals surface area (Å²) in [5, 5.41) is 9.94. The number of esters is 1. The van der Waals surface area contributed by atoms with Crippen LogP contribution >= 0.6 is 0 Å². The van der Waals surface area contributed by atoms with E-state index in [2.05, 4.69) is 26.0 Å². The van der Waals surface area contributed by atoms with E-state index in [4.69, 9.17) is 4.74 Å². The van der Waals surface area contributed by atoms with Gasteiger partial charge in [-0.05, 0) is 29.0 Å². The van der Waals surface area contributed by atoms with Gasteiger partial charge in [0.05, 0.1) is 0 Å². The average Bonchev–Trinajstić information content (AvgIpc) is 2.53. The first-order chi connectivity index (χ1) is 10.6. The van der Waals surface area contributed by atoms with Crippen LogP contribution in [0.5, 0.6) is 0 Å². The molecule has 0 aliphatic carbocycles. The van der Waals surface area contributed by atoms with E-state index in [1.807, 2.05) is 18.2 Å². The van der Waals surface area contributed by atoms with Gasteiger partial charge >= 0.3 is 5.97 Å². The molecular weight excluding hydrogens is 276 g/mol. The molecule has 0 heterocycles. The summed E-state index contributed by atoms with van der Waals surface area (Å²) in [5.74, 6) is -0.0119. The van der Waals surface area contributed by atoms with Crippen molar-refractivity contribution in [1.82, 2.24) is 0 Å². The van der Waals surface area contributed by atoms with Crippen LogP contribution in [0.15, 0.2) is 54.6 Å². The lowest BCUT2D eigenvalue weighted by atomic mass is 10.0. The summed E-state index contributed by atoms with van der Waals surface area (Å²) in [6.45, 7) is 4.53. The SMILES string of the molecule is CC(C)Cc1ccc(COC(=O)[C@H](O)c2ccccc2)cc1. The van der Waals surface area contributed by atoms with Crippen molar-refractivity contribution in [3.63, 3.8) is 0 Å². The van der Waals surface area contributed by atoms with E-state index in [0.717, 1.165) is 12.0 Å². The Morgan fingerprint density at radius 2 is 1.59 bits per heavy atom. The Kier molecular flexibility index (Phi) is 5.73. The van der Waals surface area contributed by atoms with Crippen LogP contribution in [0.3, 0.4) is 0 Å². The zero-order valence-corrected chi connectivity index (χ0v) is 13.0. The topological polar surface area (TPSA) is 46.5 Å². The molecule has 2 rings (SSSR count). The van der Waals surface area contributed by atoms with Crippen LogP contribution < -0.4 is 0 Å². The number of hydrogen-bond donors (Lipinski definition) is 1. The van der Waals surface area contributed by atoms with E-state index < -0.39 is 12.1 Å². The highest BCUT2D eigenvalue weighted by molar-refractivity contribution is 5.76. The van der Waals surface area contributed by atoms with E-state index in [1.54, 1.807) is 24.3 Å². The number of hydrogen-bond acceptors (Lipinski definition) is 3. The second-order valence-corrected chi connectivity index (χ2v) is 5.84. The molecule has 0 saturated carbocycles. The molecule has 0 spiro atoms. The van der Waals surface area contributed by atoms with Crippen LogP contribution in [-0.2, 0) is 22.6 Å². The first kappa shape index (κ1) is 16.2. The molecule has 116 valence electrons. The molecule has 0 aliphatic heterocycles. The molecule has 0 saturated heterocycles. The minimum Gasteiger partial charge on any atom is -0.459 e. The Balaban J connectivity index is 1.88. The number of rotatable bonds is 6. The predicted octanol–water partition coefficient (Wildman–Crippen LogP) is 3.66. The van der Waals surface area contributed by atoms with Gasteiger partial charge in [-0.15, -0.1) is 0 Å². The Morgan fingerprint density at radius 1 is 1.00 bits per heavy atom. The van der Waals surface area contributed by atoms with E-state index in [1.165, 1.54) is 5.56 Å². The monoisotopic (exact) mass is 298 g/mol. The zero-order chi connectivity index (χ0) is 15.9. The third-order valence-corrected chi connectivity index (χ3v) is 3.39. The molecule has 3 nitrogen and oxygen atoms in total. The van der Waals surface area contributed by atoms with E-state index in [0.29, 0.717) is 11.5 Å². The Labute approximate surface area is 131 Å². The summed E-state index contributed by atoms with van der Waals surface area (Å²) in [6, 6.07) is 16.8. The highest BCUT2D eigenvalue weighted by atomic mass is 16.5. The van der Waals surface area contributed by atoms with Crippen molar-refractivity contribution in [3.8, 4) is 0 Å². The van der Waals surface area contributed by atoms with Crippen LogP contribution in [0, 0.1) is 5.92 Å². The zero-order valence-electron chi connectivity index (χ0n) is 13.0. The molecule has 0 amide bonds. The molecule has 1 N–H and O–H groups in total. The molecular formula is C19H22O3. The first-order valence-corrected chi connectivity index (χ1v) is 7.53. The summed E-state index contributed by atoms with van der Waals surface area (Å²) in [6.07, 6.45) is -0.200. The first-order valence-electron chi connectivity index (χ1n) is 7.53. The van der Waals surface area contributed by atoms with Crippen LogP contribution in [0.4, 0.5) is 0 Å². The number of carbonyl (C=O) groups is 1. The fourth-order valence-electron chi connectivity index (χ4n) is 2.25. The molecule has 22 heavy (non-hydrogen) atoms. The minimum absolute atomic E-state index is 0.171. The third-order valence-electron chi connectivity index (χ3n) is 3.39. The van der Waals surface area contributed by atoms with Gasteiger partial charge in [0.15, 0.2) is 6.10 Å². The van der Waals surface area contributed by atoms with Crippen molar-refractivity contribution >= 4 is 5.97 Å². The number of aliphatic hydroxyl groups excluding tert-OH is 1. The Hall–Kier alpha value is -2.13. The van der Waals surface area contributed by atoms with Crippen LogP contribution in [0.2, 0.25) is 0 Å². The Bertz CT molecular complexity index is 588. The smallest absolute Gasteiger partial charge is 0.339 e. The summed E-state index contributed by atoms with van der Waals surface area (Å²) in [5.41, 5.74) is 2.73. The van der Waals surface area contributed by atoms with E-state index in [-0.39, 0.29) is 6.61 Å². The maximum Gasteiger partial charge on any atom is 0.339 e.